The van der Waals surface area contributed by atoms with Crippen molar-refractivity contribution in [3.8, 4) is 0 Å². The fraction of sp³-hybridized carbons (Fsp3) is 0.688. The zero-order chi connectivity index (χ0) is 14.5. The van der Waals surface area contributed by atoms with Crippen LogP contribution in [0, 0.1) is 5.92 Å². The van der Waals surface area contributed by atoms with Gasteiger partial charge in [-0.1, -0.05) is 25.7 Å². The first kappa shape index (κ1) is 15.1. The Hall–Kier alpha value is -1.29. The third-order valence-corrected chi connectivity index (χ3v) is 4.38. The van der Waals surface area contributed by atoms with E-state index >= 15 is 0 Å². The molecule has 4 nitrogen and oxygen atoms in total. The molecule has 1 aliphatic carbocycles. The van der Waals surface area contributed by atoms with E-state index in [4.69, 9.17) is 9.52 Å². The van der Waals surface area contributed by atoms with Crippen LogP contribution in [0.5, 0.6) is 0 Å². The summed E-state index contributed by atoms with van der Waals surface area (Å²) in [5.41, 5.74) is 0. The Labute approximate surface area is 120 Å². The minimum absolute atomic E-state index is 0.00997. The molecule has 1 unspecified atom stereocenters. The highest BCUT2D eigenvalue weighted by atomic mass is 16.4. The van der Waals surface area contributed by atoms with Crippen LogP contribution in [0.4, 0.5) is 0 Å². The van der Waals surface area contributed by atoms with Gasteiger partial charge in [-0.3, -0.25) is 0 Å². The summed E-state index contributed by atoms with van der Waals surface area (Å²) in [6, 6.07) is 3.75. The van der Waals surface area contributed by atoms with Gasteiger partial charge >= 0.3 is 5.97 Å². The van der Waals surface area contributed by atoms with Crippen molar-refractivity contribution in [2.75, 3.05) is 0 Å². The molecule has 2 N–H and O–H groups in total. The molecule has 1 heterocycles. The lowest BCUT2D eigenvalue weighted by atomic mass is 9.92. The highest BCUT2D eigenvalue weighted by Crippen LogP contribution is 2.27. The average Bonchev–Trinajstić information content (AvgIpc) is 2.75. The fourth-order valence-electron chi connectivity index (χ4n) is 3.12. The van der Waals surface area contributed by atoms with Crippen molar-refractivity contribution in [3.63, 3.8) is 0 Å². The zero-order valence-corrected chi connectivity index (χ0v) is 12.4. The lowest BCUT2D eigenvalue weighted by Gasteiger charge is -2.26. The van der Waals surface area contributed by atoms with E-state index in [9.17, 15) is 4.79 Å². The summed E-state index contributed by atoms with van der Waals surface area (Å²) in [6.07, 6.45) is 7.96. The maximum atomic E-state index is 10.8. The van der Waals surface area contributed by atoms with E-state index in [0.29, 0.717) is 17.7 Å². The second-order valence-corrected chi connectivity index (χ2v) is 5.94. The largest absolute Gasteiger partial charge is 0.475 e. The van der Waals surface area contributed by atoms with E-state index in [0.717, 1.165) is 0 Å². The molecule has 1 aromatic heterocycles. The van der Waals surface area contributed by atoms with Gasteiger partial charge in [0.15, 0.2) is 0 Å². The van der Waals surface area contributed by atoms with E-state index in [1.807, 2.05) is 6.92 Å². The van der Waals surface area contributed by atoms with Crippen LogP contribution in [0.2, 0.25) is 0 Å². The molecule has 1 saturated carbocycles. The summed E-state index contributed by atoms with van der Waals surface area (Å²) >= 11 is 0. The second-order valence-electron chi connectivity index (χ2n) is 5.94. The lowest BCUT2D eigenvalue weighted by Crippen LogP contribution is -2.35. The summed E-state index contributed by atoms with van der Waals surface area (Å²) in [6.45, 7) is 4.26. The van der Waals surface area contributed by atoms with E-state index < -0.39 is 5.97 Å². The van der Waals surface area contributed by atoms with Crippen molar-refractivity contribution in [1.29, 1.82) is 0 Å². The molecular weight excluding hydrogens is 254 g/mol. The molecule has 2 rings (SSSR count). The van der Waals surface area contributed by atoms with Crippen molar-refractivity contribution in [3.05, 3.63) is 23.7 Å². The molecule has 1 aromatic rings. The van der Waals surface area contributed by atoms with Crippen molar-refractivity contribution >= 4 is 5.97 Å². The van der Waals surface area contributed by atoms with Crippen molar-refractivity contribution in [2.45, 2.75) is 64.5 Å². The number of rotatable bonds is 5. The first-order chi connectivity index (χ1) is 9.58. The van der Waals surface area contributed by atoms with Crippen LogP contribution in [-0.4, -0.2) is 17.1 Å². The SMILES string of the molecule is CC(N[C@@H](C)C1CCCCCC1)c1ccc(C(=O)O)o1. The number of hydrogen-bond acceptors (Lipinski definition) is 3. The second kappa shape index (κ2) is 6.93. The summed E-state index contributed by atoms with van der Waals surface area (Å²) in [5.74, 6) is 0.410. The molecule has 0 aromatic carbocycles. The fourth-order valence-corrected chi connectivity index (χ4v) is 3.12. The van der Waals surface area contributed by atoms with Gasteiger partial charge in [0.25, 0.3) is 0 Å². The average molecular weight is 279 g/mol. The number of carbonyl (C=O) groups is 1. The third-order valence-electron chi connectivity index (χ3n) is 4.38. The molecule has 20 heavy (non-hydrogen) atoms. The number of carboxylic acid groups (broad SMARTS) is 1. The molecule has 2 atom stereocenters. The Balaban J connectivity index is 1.91. The predicted molar refractivity (Wildman–Crippen MR) is 77.9 cm³/mol. The number of nitrogens with one attached hydrogen (secondary N) is 1. The first-order valence-corrected chi connectivity index (χ1v) is 7.67. The Morgan fingerprint density at radius 1 is 1.25 bits per heavy atom. The molecule has 4 heteroatoms. The maximum absolute atomic E-state index is 10.8. The molecule has 1 aliphatic rings. The Kier molecular flexibility index (Phi) is 5.24. The number of aromatic carboxylic acids is 1. The predicted octanol–water partition coefficient (Wildman–Crippen LogP) is 3.99. The Morgan fingerprint density at radius 3 is 2.45 bits per heavy atom. The summed E-state index contributed by atoms with van der Waals surface area (Å²) in [7, 11) is 0. The van der Waals surface area contributed by atoms with Gasteiger partial charge in [0.1, 0.15) is 5.76 Å². The van der Waals surface area contributed by atoms with Crippen LogP contribution in [-0.2, 0) is 0 Å². The zero-order valence-electron chi connectivity index (χ0n) is 12.4. The molecule has 0 bridgehead atoms. The first-order valence-electron chi connectivity index (χ1n) is 7.67. The van der Waals surface area contributed by atoms with Gasteiger partial charge in [-0.15, -0.1) is 0 Å². The highest BCUT2D eigenvalue weighted by Gasteiger charge is 2.22. The monoisotopic (exact) mass is 279 g/mol. The van der Waals surface area contributed by atoms with E-state index in [-0.39, 0.29) is 11.8 Å². The van der Waals surface area contributed by atoms with Crippen molar-refractivity contribution in [1.82, 2.24) is 5.32 Å². The van der Waals surface area contributed by atoms with Crippen LogP contribution in [0.3, 0.4) is 0 Å². The Morgan fingerprint density at radius 2 is 1.90 bits per heavy atom. The molecule has 0 saturated heterocycles. The van der Waals surface area contributed by atoms with Gasteiger partial charge in [0, 0.05) is 6.04 Å². The van der Waals surface area contributed by atoms with Gasteiger partial charge in [-0.05, 0) is 44.7 Å². The highest BCUT2D eigenvalue weighted by molar-refractivity contribution is 5.84. The van der Waals surface area contributed by atoms with Crippen LogP contribution in [0.25, 0.3) is 0 Å². The minimum atomic E-state index is -1.01. The van der Waals surface area contributed by atoms with Crippen LogP contribution in [0.15, 0.2) is 16.5 Å². The molecule has 1 fully saturated rings. The molecule has 0 aliphatic heterocycles. The van der Waals surface area contributed by atoms with Gasteiger partial charge in [0.2, 0.25) is 5.76 Å². The standard InChI is InChI=1S/C16H25NO3/c1-11(13-7-5-3-4-6-8-13)17-12(2)14-9-10-15(20-14)16(18)19/h9-13,17H,3-8H2,1-2H3,(H,18,19)/t11-,12?/m0/s1. The number of hydrogen-bond donors (Lipinski definition) is 2. The Bertz CT molecular complexity index is 433. The van der Waals surface area contributed by atoms with E-state index in [2.05, 4.69) is 12.2 Å². The molecule has 0 amide bonds. The van der Waals surface area contributed by atoms with Gasteiger partial charge in [-0.2, -0.15) is 0 Å². The third kappa shape index (κ3) is 3.85. The van der Waals surface area contributed by atoms with Crippen LogP contribution < -0.4 is 5.32 Å². The van der Waals surface area contributed by atoms with Crippen LogP contribution in [0.1, 0.15) is 74.7 Å². The normalized spacial score (nSPS) is 20.3. The number of carboxylic acids is 1. The van der Waals surface area contributed by atoms with Gasteiger partial charge in [0.05, 0.1) is 6.04 Å². The topological polar surface area (TPSA) is 62.5 Å². The molecule has 112 valence electrons. The van der Waals surface area contributed by atoms with E-state index in [1.165, 1.54) is 44.6 Å². The summed E-state index contributed by atoms with van der Waals surface area (Å²) < 4.78 is 5.36. The van der Waals surface area contributed by atoms with Gasteiger partial charge in [-0.25, -0.2) is 4.79 Å². The molecular formula is C16H25NO3. The van der Waals surface area contributed by atoms with Crippen molar-refractivity contribution < 1.29 is 14.3 Å². The van der Waals surface area contributed by atoms with Crippen LogP contribution >= 0.6 is 0 Å². The van der Waals surface area contributed by atoms with E-state index in [1.54, 1.807) is 6.07 Å². The number of furan rings is 1. The lowest BCUT2D eigenvalue weighted by molar-refractivity contribution is 0.0659. The smallest absolute Gasteiger partial charge is 0.371 e. The summed E-state index contributed by atoms with van der Waals surface area (Å²) in [4.78, 5) is 10.8. The molecule has 0 radical (unpaired) electrons. The summed E-state index contributed by atoms with van der Waals surface area (Å²) in [5, 5.41) is 12.4. The minimum Gasteiger partial charge on any atom is -0.475 e. The molecule has 0 spiro atoms. The van der Waals surface area contributed by atoms with Gasteiger partial charge < -0.3 is 14.8 Å². The van der Waals surface area contributed by atoms with Crippen molar-refractivity contribution in [2.24, 2.45) is 5.92 Å². The quantitative estimate of drug-likeness (QED) is 0.800. The maximum Gasteiger partial charge on any atom is 0.371 e.